The van der Waals surface area contributed by atoms with E-state index in [-0.39, 0.29) is 11.0 Å². The van der Waals surface area contributed by atoms with E-state index in [0.29, 0.717) is 11.9 Å². The predicted molar refractivity (Wildman–Crippen MR) is 108 cm³/mol. The van der Waals surface area contributed by atoms with Crippen molar-refractivity contribution in [2.45, 2.75) is 69.7 Å². The molecule has 3 N–H and O–H groups in total. The van der Waals surface area contributed by atoms with Crippen molar-refractivity contribution in [3.63, 3.8) is 0 Å². The van der Waals surface area contributed by atoms with Gasteiger partial charge in [-0.25, -0.2) is 10.8 Å². The first-order valence-corrected chi connectivity index (χ1v) is 10.4. The highest BCUT2D eigenvalue weighted by molar-refractivity contribution is 5.72. The molecule has 2 aromatic rings. The fraction of sp³-hybridized carbons (Fsp3) is 0.545. The quantitative estimate of drug-likeness (QED) is 0.642. The van der Waals surface area contributed by atoms with E-state index in [4.69, 9.17) is 10.8 Å². The van der Waals surface area contributed by atoms with Gasteiger partial charge in [-0.3, -0.25) is 14.8 Å². The molecule has 142 valence electrons. The van der Waals surface area contributed by atoms with Crippen LogP contribution >= 0.6 is 0 Å². The molecule has 0 aliphatic heterocycles. The van der Waals surface area contributed by atoms with Crippen LogP contribution in [0.2, 0.25) is 0 Å². The third-order valence-electron chi connectivity index (χ3n) is 7.11. The van der Waals surface area contributed by atoms with Crippen LogP contribution < -0.4 is 16.8 Å². The molecule has 0 radical (unpaired) electrons. The van der Waals surface area contributed by atoms with Crippen molar-refractivity contribution < 1.29 is 0 Å². The Balaban J connectivity index is 1.73. The maximum atomic E-state index is 13.8. The first kappa shape index (κ1) is 17.0. The molecule has 1 aromatic carbocycles. The van der Waals surface area contributed by atoms with Gasteiger partial charge in [-0.15, -0.1) is 0 Å². The van der Waals surface area contributed by atoms with Crippen LogP contribution in [0.5, 0.6) is 0 Å². The van der Waals surface area contributed by atoms with Crippen molar-refractivity contribution in [3.8, 4) is 11.3 Å². The van der Waals surface area contributed by atoms with Crippen LogP contribution in [-0.4, -0.2) is 9.55 Å². The molecule has 1 heterocycles. The molecule has 1 aromatic heterocycles. The van der Waals surface area contributed by atoms with Crippen molar-refractivity contribution in [2.24, 2.45) is 11.8 Å². The minimum absolute atomic E-state index is 0.0433. The number of nitrogens with one attached hydrogen (secondary N) is 1. The number of hydrogen-bond donors (Lipinski definition) is 2. The standard InChI is InChI=1S/C22H28N4O/c23-25-21-24-19-17-10-4-3-9-16(17)13-22(11-5-6-12-22)18(19)20(27)26(21)14-15-7-1-2-8-15/h3-4,9-10,15H,1-2,5-8,11-14,23H2,(H,24,25). The zero-order valence-corrected chi connectivity index (χ0v) is 15.8. The summed E-state index contributed by atoms with van der Waals surface area (Å²) in [6, 6.07) is 8.43. The number of aromatic nitrogens is 2. The number of nitrogens with zero attached hydrogens (tertiary/aromatic N) is 2. The number of hydrogen-bond acceptors (Lipinski definition) is 4. The second kappa shape index (κ2) is 6.48. The molecule has 5 rings (SSSR count). The fourth-order valence-electron chi connectivity index (χ4n) is 5.80. The summed E-state index contributed by atoms with van der Waals surface area (Å²) in [5.41, 5.74) is 7.05. The van der Waals surface area contributed by atoms with Gasteiger partial charge < -0.3 is 0 Å². The second-order valence-electron chi connectivity index (χ2n) is 8.69. The van der Waals surface area contributed by atoms with Crippen LogP contribution in [0.15, 0.2) is 29.1 Å². The van der Waals surface area contributed by atoms with E-state index in [0.717, 1.165) is 42.6 Å². The van der Waals surface area contributed by atoms with Gasteiger partial charge in [0.05, 0.1) is 11.3 Å². The molecular formula is C22H28N4O. The Morgan fingerprint density at radius 1 is 1.15 bits per heavy atom. The van der Waals surface area contributed by atoms with Crippen LogP contribution in [0.1, 0.15) is 62.5 Å². The van der Waals surface area contributed by atoms with Crippen molar-refractivity contribution in [2.75, 3.05) is 5.43 Å². The summed E-state index contributed by atoms with van der Waals surface area (Å²) < 4.78 is 1.84. The summed E-state index contributed by atoms with van der Waals surface area (Å²) in [6.45, 7) is 0.733. The van der Waals surface area contributed by atoms with Crippen molar-refractivity contribution in [3.05, 3.63) is 45.7 Å². The topological polar surface area (TPSA) is 72.9 Å². The summed E-state index contributed by atoms with van der Waals surface area (Å²) in [5.74, 6) is 6.89. The van der Waals surface area contributed by atoms with E-state index < -0.39 is 0 Å². The van der Waals surface area contributed by atoms with Crippen LogP contribution in [0.4, 0.5) is 5.95 Å². The summed E-state index contributed by atoms with van der Waals surface area (Å²) in [4.78, 5) is 18.7. The second-order valence-corrected chi connectivity index (χ2v) is 8.69. The van der Waals surface area contributed by atoms with Crippen LogP contribution in [0.3, 0.4) is 0 Å². The molecular weight excluding hydrogens is 336 g/mol. The van der Waals surface area contributed by atoms with Gasteiger partial charge in [0.2, 0.25) is 5.95 Å². The Bertz CT molecular complexity index is 920. The number of benzene rings is 1. The van der Waals surface area contributed by atoms with E-state index in [9.17, 15) is 4.79 Å². The minimum Gasteiger partial charge on any atom is -0.294 e. The summed E-state index contributed by atoms with van der Waals surface area (Å²) in [5, 5.41) is 0. The Labute approximate surface area is 160 Å². The lowest BCUT2D eigenvalue weighted by Gasteiger charge is -2.36. The number of anilines is 1. The normalized spacial score (nSPS) is 20.6. The SMILES string of the molecule is NNc1nc2c(c(=O)n1CC1CCCC1)C1(CCCC1)Cc1ccccc1-2. The molecule has 0 amide bonds. The molecule has 27 heavy (non-hydrogen) atoms. The number of hydrazine groups is 1. The van der Waals surface area contributed by atoms with Gasteiger partial charge >= 0.3 is 0 Å². The Morgan fingerprint density at radius 2 is 1.89 bits per heavy atom. The molecule has 0 bridgehead atoms. The Morgan fingerprint density at radius 3 is 2.63 bits per heavy atom. The maximum Gasteiger partial charge on any atom is 0.259 e. The smallest absolute Gasteiger partial charge is 0.259 e. The lowest BCUT2D eigenvalue weighted by Crippen LogP contribution is -2.41. The first-order valence-electron chi connectivity index (χ1n) is 10.4. The summed E-state index contributed by atoms with van der Waals surface area (Å²) in [7, 11) is 0. The van der Waals surface area contributed by atoms with Gasteiger partial charge in [0.15, 0.2) is 0 Å². The number of nitrogens with two attached hydrogens (primary N) is 1. The molecule has 2 saturated carbocycles. The van der Waals surface area contributed by atoms with Crippen molar-refractivity contribution in [1.82, 2.24) is 9.55 Å². The highest BCUT2D eigenvalue weighted by atomic mass is 16.1. The zero-order chi connectivity index (χ0) is 18.4. The van der Waals surface area contributed by atoms with E-state index in [1.54, 1.807) is 0 Å². The number of nitrogen functional groups attached to an aromatic ring is 1. The Hall–Kier alpha value is -2.14. The molecule has 0 saturated heterocycles. The van der Waals surface area contributed by atoms with Crippen molar-refractivity contribution in [1.29, 1.82) is 0 Å². The molecule has 0 unspecified atom stereocenters. The van der Waals surface area contributed by atoms with Gasteiger partial charge in [-0.2, -0.15) is 0 Å². The molecule has 5 heteroatoms. The maximum absolute atomic E-state index is 13.8. The van der Waals surface area contributed by atoms with Crippen LogP contribution in [-0.2, 0) is 18.4 Å². The van der Waals surface area contributed by atoms with E-state index in [1.165, 1.54) is 44.1 Å². The number of rotatable bonds is 3. The highest BCUT2D eigenvalue weighted by Gasteiger charge is 2.44. The molecule has 2 fully saturated rings. The lowest BCUT2D eigenvalue weighted by atomic mass is 9.68. The predicted octanol–water partition coefficient (Wildman–Crippen LogP) is 3.75. The monoisotopic (exact) mass is 364 g/mol. The largest absolute Gasteiger partial charge is 0.294 e. The fourth-order valence-corrected chi connectivity index (χ4v) is 5.80. The number of fused-ring (bicyclic) bond motifs is 4. The van der Waals surface area contributed by atoms with Crippen molar-refractivity contribution >= 4 is 5.95 Å². The van der Waals surface area contributed by atoms with Crippen LogP contribution in [0.25, 0.3) is 11.3 Å². The van der Waals surface area contributed by atoms with Gasteiger partial charge in [0, 0.05) is 17.5 Å². The van der Waals surface area contributed by atoms with Gasteiger partial charge in [0.1, 0.15) is 0 Å². The van der Waals surface area contributed by atoms with Crippen LogP contribution in [0, 0.1) is 5.92 Å². The van der Waals surface area contributed by atoms with E-state index in [1.807, 2.05) is 10.6 Å². The average molecular weight is 364 g/mol. The highest BCUT2D eigenvalue weighted by Crippen LogP contribution is 2.49. The van der Waals surface area contributed by atoms with E-state index in [2.05, 4.69) is 23.6 Å². The third-order valence-corrected chi connectivity index (χ3v) is 7.11. The minimum atomic E-state index is -0.0433. The van der Waals surface area contributed by atoms with Gasteiger partial charge in [-0.05, 0) is 43.6 Å². The summed E-state index contributed by atoms with van der Waals surface area (Å²) in [6.07, 6.45) is 10.4. The Kier molecular flexibility index (Phi) is 4.08. The molecule has 1 spiro atoms. The molecule has 0 atom stereocenters. The summed E-state index contributed by atoms with van der Waals surface area (Å²) >= 11 is 0. The first-order chi connectivity index (χ1) is 13.2. The lowest BCUT2D eigenvalue weighted by molar-refractivity contribution is 0.406. The molecule has 3 aliphatic carbocycles. The third kappa shape index (κ3) is 2.63. The van der Waals surface area contributed by atoms with Gasteiger partial charge in [0.25, 0.3) is 5.56 Å². The average Bonchev–Trinajstić information content (AvgIpc) is 3.36. The molecule has 3 aliphatic rings. The van der Waals surface area contributed by atoms with Gasteiger partial charge in [-0.1, -0.05) is 49.9 Å². The zero-order valence-electron chi connectivity index (χ0n) is 15.8. The van der Waals surface area contributed by atoms with E-state index >= 15 is 0 Å². The molecule has 5 nitrogen and oxygen atoms in total.